The van der Waals surface area contributed by atoms with Crippen LogP contribution in [0.1, 0.15) is 31.7 Å². The van der Waals surface area contributed by atoms with Crippen molar-refractivity contribution in [2.45, 2.75) is 26.2 Å². The van der Waals surface area contributed by atoms with Gasteiger partial charge in [0, 0.05) is 13.1 Å². The molecule has 92 valence electrons. The number of piperidine rings is 1. The second-order valence-corrected chi connectivity index (χ2v) is 4.94. The van der Waals surface area contributed by atoms with Gasteiger partial charge in [0.15, 0.2) is 5.82 Å². The zero-order chi connectivity index (χ0) is 12.3. The highest BCUT2D eigenvalue weighted by molar-refractivity contribution is 7.80. The summed E-state index contributed by atoms with van der Waals surface area (Å²) in [7, 11) is 0. The number of nitrogens with zero attached hydrogens (tertiary/aromatic N) is 3. The van der Waals surface area contributed by atoms with E-state index in [1.54, 1.807) is 6.20 Å². The number of thiocarbonyl (C=S) groups is 1. The molecule has 0 aliphatic carbocycles. The summed E-state index contributed by atoms with van der Waals surface area (Å²) in [6.07, 6.45) is 5.35. The molecule has 1 aliphatic rings. The Bertz CT molecular complexity index is 407. The fourth-order valence-corrected chi connectivity index (χ4v) is 2.50. The van der Waals surface area contributed by atoms with Gasteiger partial charge < -0.3 is 10.6 Å². The first kappa shape index (κ1) is 12.2. The average Bonchev–Trinajstić information content (AvgIpc) is 2.39. The lowest BCUT2D eigenvalue weighted by Gasteiger charge is -2.33. The summed E-state index contributed by atoms with van der Waals surface area (Å²) in [6.45, 7) is 4.29. The largest absolute Gasteiger partial charge is 0.389 e. The zero-order valence-corrected chi connectivity index (χ0v) is 10.9. The molecule has 1 aromatic rings. The Morgan fingerprint density at radius 2 is 2.47 bits per heavy atom. The number of rotatable bonds is 3. The van der Waals surface area contributed by atoms with Crippen LogP contribution in [0.3, 0.4) is 0 Å². The Kier molecular flexibility index (Phi) is 3.89. The van der Waals surface area contributed by atoms with Gasteiger partial charge in [-0.3, -0.25) is 0 Å². The van der Waals surface area contributed by atoms with E-state index in [0.29, 0.717) is 4.99 Å². The molecule has 0 radical (unpaired) electrons. The summed E-state index contributed by atoms with van der Waals surface area (Å²) in [5.41, 5.74) is 6.56. The van der Waals surface area contributed by atoms with Crippen LogP contribution in [-0.4, -0.2) is 28.3 Å². The molecular formula is C12H18N4S. The lowest BCUT2D eigenvalue weighted by molar-refractivity contribution is 0.402. The van der Waals surface area contributed by atoms with Crippen molar-refractivity contribution in [2.24, 2.45) is 11.7 Å². The minimum atomic E-state index is 0.397. The molecule has 1 aliphatic heterocycles. The van der Waals surface area contributed by atoms with E-state index < -0.39 is 0 Å². The summed E-state index contributed by atoms with van der Waals surface area (Å²) in [5.74, 6) is 1.59. The van der Waals surface area contributed by atoms with E-state index in [-0.39, 0.29) is 0 Å². The number of aromatic nitrogens is 2. The Labute approximate surface area is 107 Å². The molecule has 0 amide bonds. The van der Waals surface area contributed by atoms with Gasteiger partial charge in [0.05, 0.1) is 11.8 Å². The van der Waals surface area contributed by atoms with Crippen LogP contribution in [-0.2, 0) is 0 Å². The molecule has 2 rings (SSSR count). The van der Waals surface area contributed by atoms with Gasteiger partial charge in [0.25, 0.3) is 0 Å². The Balaban J connectivity index is 2.24. The summed E-state index contributed by atoms with van der Waals surface area (Å²) in [6, 6.07) is 1.85. The minimum Gasteiger partial charge on any atom is -0.389 e. The van der Waals surface area contributed by atoms with Crippen molar-refractivity contribution >= 4 is 23.0 Å². The minimum absolute atomic E-state index is 0.397. The highest BCUT2D eigenvalue weighted by Gasteiger charge is 2.22. The van der Waals surface area contributed by atoms with Gasteiger partial charge in [-0.15, -0.1) is 5.10 Å². The molecule has 0 spiro atoms. The number of hydrogen-bond donors (Lipinski definition) is 1. The molecule has 2 heterocycles. The van der Waals surface area contributed by atoms with E-state index >= 15 is 0 Å². The predicted molar refractivity (Wildman–Crippen MR) is 73.1 cm³/mol. The van der Waals surface area contributed by atoms with Crippen LogP contribution >= 0.6 is 12.2 Å². The number of nitrogens with two attached hydrogens (primary N) is 1. The number of hydrogen-bond acceptors (Lipinski definition) is 4. The third kappa shape index (κ3) is 2.72. The number of anilines is 1. The van der Waals surface area contributed by atoms with Crippen molar-refractivity contribution in [1.29, 1.82) is 0 Å². The summed E-state index contributed by atoms with van der Waals surface area (Å²) in [4.78, 5) is 2.66. The topological polar surface area (TPSA) is 55.0 Å². The third-order valence-electron chi connectivity index (χ3n) is 3.36. The SMILES string of the molecule is CCC1CCCN(c2nnccc2C(N)=S)C1. The summed E-state index contributed by atoms with van der Waals surface area (Å²) < 4.78 is 0. The standard InChI is InChI=1S/C12H18N4S/c1-2-9-4-3-7-16(8-9)12-10(11(13)17)5-6-14-15-12/h5-6,9H,2-4,7-8H2,1H3,(H2,13,17). The fourth-order valence-electron chi connectivity index (χ4n) is 2.34. The molecule has 1 unspecified atom stereocenters. The molecule has 1 fully saturated rings. The molecule has 1 saturated heterocycles. The van der Waals surface area contributed by atoms with Crippen molar-refractivity contribution in [3.8, 4) is 0 Å². The van der Waals surface area contributed by atoms with Crippen LogP contribution in [0.25, 0.3) is 0 Å². The van der Waals surface area contributed by atoms with E-state index in [0.717, 1.165) is 30.4 Å². The van der Waals surface area contributed by atoms with Crippen LogP contribution in [0.5, 0.6) is 0 Å². The van der Waals surface area contributed by atoms with E-state index in [9.17, 15) is 0 Å². The van der Waals surface area contributed by atoms with Gasteiger partial charge >= 0.3 is 0 Å². The lowest BCUT2D eigenvalue weighted by Crippen LogP contribution is -2.37. The fraction of sp³-hybridized carbons (Fsp3) is 0.583. The summed E-state index contributed by atoms with van der Waals surface area (Å²) in [5, 5.41) is 8.15. The van der Waals surface area contributed by atoms with Gasteiger partial charge in [-0.25, -0.2) is 0 Å². The van der Waals surface area contributed by atoms with E-state index in [1.807, 2.05) is 6.07 Å². The third-order valence-corrected chi connectivity index (χ3v) is 3.58. The molecule has 5 heteroatoms. The Morgan fingerprint density at radius 1 is 1.65 bits per heavy atom. The first-order valence-corrected chi connectivity index (χ1v) is 6.49. The Hall–Kier alpha value is -1.23. The van der Waals surface area contributed by atoms with Crippen LogP contribution in [0, 0.1) is 5.92 Å². The average molecular weight is 250 g/mol. The van der Waals surface area contributed by atoms with E-state index in [4.69, 9.17) is 18.0 Å². The summed E-state index contributed by atoms with van der Waals surface area (Å²) >= 11 is 5.06. The maximum atomic E-state index is 5.73. The van der Waals surface area contributed by atoms with Crippen molar-refractivity contribution in [3.05, 3.63) is 17.8 Å². The van der Waals surface area contributed by atoms with Crippen LogP contribution in [0.2, 0.25) is 0 Å². The molecule has 4 nitrogen and oxygen atoms in total. The maximum absolute atomic E-state index is 5.73. The maximum Gasteiger partial charge on any atom is 0.161 e. The quantitative estimate of drug-likeness (QED) is 0.828. The van der Waals surface area contributed by atoms with Gasteiger partial charge in [0.1, 0.15) is 4.99 Å². The van der Waals surface area contributed by atoms with Gasteiger partial charge in [-0.2, -0.15) is 5.10 Å². The highest BCUT2D eigenvalue weighted by atomic mass is 32.1. The molecule has 1 atom stereocenters. The second-order valence-electron chi connectivity index (χ2n) is 4.50. The molecule has 0 bridgehead atoms. The second kappa shape index (κ2) is 5.40. The first-order valence-electron chi connectivity index (χ1n) is 6.08. The predicted octanol–water partition coefficient (Wildman–Crippen LogP) is 1.74. The highest BCUT2D eigenvalue weighted by Crippen LogP contribution is 2.25. The lowest BCUT2D eigenvalue weighted by atomic mass is 9.95. The zero-order valence-electron chi connectivity index (χ0n) is 10.1. The molecule has 17 heavy (non-hydrogen) atoms. The van der Waals surface area contributed by atoms with E-state index in [2.05, 4.69) is 22.0 Å². The normalized spacial score (nSPS) is 20.3. The van der Waals surface area contributed by atoms with Crippen molar-refractivity contribution in [3.63, 3.8) is 0 Å². The first-order chi connectivity index (χ1) is 8.22. The van der Waals surface area contributed by atoms with Crippen molar-refractivity contribution in [1.82, 2.24) is 10.2 Å². The molecule has 0 aromatic carbocycles. The molecule has 1 aromatic heterocycles. The molecule has 0 saturated carbocycles. The van der Waals surface area contributed by atoms with Gasteiger partial charge in [0.2, 0.25) is 0 Å². The van der Waals surface area contributed by atoms with Crippen molar-refractivity contribution < 1.29 is 0 Å². The van der Waals surface area contributed by atoms with Gasteiger partial charge in [-0.1, -0.05) is 25.6 Å². The van der Waals surface area contributed by atoms with E-state index in [1.165, 1.54) is 19.3 Å². The van der Waals surface area contributed by atoms with Gasteiger partial charge in [-0.05, 0) is 24.8 Å². The smallest absolute Gasteiger partial charge is 0.161 e. The molecule has 2 N–H and O–H groups in total. The van der Waals surface area contributed by atoms with Crippen LogP contribution in [0.15, 0.2) is 12.3 Å². The van der Waals surface area contributed by atoms with Crippen LogP contribution in [0.4, 0.5) is 5.82 Å². The monoisotopic (exact) mass is 250 g/mol. The van der Waals surface area contributed by atoms with Crippen molar-refractivity contribution in [2.75, 3.05) is 18.0 Å². The van der Waals surface area contributed by atoms with Crippen LogP contribution < -0.4 is 10.6 Å². The molecular weight excluding hydrogens is 232 g/mol. The Morgan fingerprint density at radius 3 is 3.18 bits per heavy atom.